The molecule has 0 N–H and O–H groups in total. The summed E-state index contributed by atoms with van der Waals surface area (Å²) in [6.07, 6.45) is 0.817. The minimum Gasteiger partial charge on any atom is -0.292 e. The van der Waals surface area contributed by atoms with Gasteiger partial charge < -0.3 is 0 Å². The van der Waals surface area contributed by atoms with Gasteiger partial charge in [-0.25, -0.2) is 0 Å². The molecule has 2 rings (SSSR count). The first-order valence-corrected chi connectivity index (χ1v) is 7.05. The lowest BCUT2D eigenvalue weighted by molar-refractivity contribution is 0.0838. The molecule has 0 amide bonds. The van der Waals surface area contributed by atoms with Crippen molar-refractivity contribution in [1.82, 2.24) is 4.90 Å². The molecule has 20 heavy (non-hydrogen) atoms. The van der Waals surface area contributed by atoms with Gasteiger partial charge in [0.2, 0.25) is 0 Å². The summed E-state index contributed by atoms with van der Waals surface area (Å²) in [6, 6.07) is 19.7. The quantitative estimate of drug-likeness (QED) is 0.742. The van der Waals surface area contributed by atoms with Crippen LogP contribution in [0.25, 0.3) is 0 Å². The topological polar surface area (TPSA) is 20.3 Å². The number of hydrogen-bond acceptors (Lipinski definition) is 2. The zero-order valence-electron chi connectivity index (χ0n) is 12.1. The Morgan fingerprint density at radius 1 is 1.00 bits per heavy atom. The Morgan fingerprint density at radius 2 is 1.55 bits per heavy atom. The van der Waals surface area contributed by atoms with Gasteiger partial charge in [-0.15, -0.1) is 0 Å². The highest BCUT2D eigenvalue weighted by Gasteiger charge is 2.22. The van der Waals surface area contributed by atoms with E-state index in [-0.39, 0.29) is 11.8 Å². The second-order valence-corrected chi connectivity index (χ2v) is 5.06. The Hall–Kier alpha value is -1.93. The summed E-state index contributed by atoms with van der Waals surface area (Å²) in [5.41, 5.74) is 2.02. The molecule has 0 radical (unpaired) electrons. The summed E-state index contributed by atoms with van der Waals surface area (Å²) in [5, 5.41) is 0. The third kappa shape index (κ3) is 3.55. The van der Waals surface area contributed by atoms with Gasteiger partial charge >= 0.3 is 0 Å². The maximum absolute atomic E-state index is 12.6. The zero-order chi connectivity index (χ0) is 14.4. The molecule has 0 aliphatic rings. The van der Waals surface area contributed by atoms with Crippen molar-refractivity contribution in [3.8, 4) is 0 Å². The van der Waals surface area contributed by atoms with Crippen molar-refractivity contribution in [3.05, 3.63) is 71.8 Å². The lowest BCUT2D eigenvalue weighted by Crippen LogP contribution is -2.37. The number of Topliss-reactive ketones (excluding diaryl/α,β-unsaturated/α-hetero) is 1. The Kier molecular flexibility index (Phi) is 5.08. The summed E-state index contributed by atoms with van der Waals surface area (Å²) in [6.45, 7) is 2.85. The number of rotatable bonds is 6. The van der Waals surface area contributed by atoms with E-state index in [0.717, 1.165) is 18.5 Å². The molecule has 0 saturated heterocycles. The molecular weight excluding hydrogens is 246 g/mol. The molecule has 0 aliphatic carbocycles. The fourth-order valence-corrected chi connectivity index (χ4v) is 2.47. The third-order valence-electron chi connectivity index (χ3n) is 3.55. The monoisotopic (exact) mass is 267 g/mol. The molecule has 1 unspecified atom stereocenters. The standard InChI is InChI=1S/C18H21NO/c1-3-17(18(20)16-12-8-5-9-13-16)19(2)14-15-10-6-4-7-11-15/h4-13,17H,3,14H2,1-2H3. The van der Waals surface area contributed by atoms with E-state index in [9.17, 15) is 4.79 Å². The van der Waals surface area contributed by atoms with Gasteiger partial charge in [0, 0.05) is 12.1 Å². The highest BCUT2D eigenvalue weighted by atomic mass is 16.1. The zero-order valence-corrected chi connectivity index (χ0v) is 12.1. The van der Waals surface area contributed by atoms with Crippen LogP contribution in [0.15, 0.2) is 60.7 Å². The van der Waals surface area contributed by atoms with Gasteiger partial charge in [0.15, 0.2) is 5.78 Å². The molecule has 0 aliphatic heterocycles. The van der Waals surface area contributed by atoms with Gasteiger partial charge in [-0.05, 0) is 19.0 Å². The molecule has 1 atom stereocenters. The first-order valence-electron chi connectivity index (χ1n) is 7.05. The predicted octanol–water partition coefficient (Wildman–Crippen LogP) is 3.78. The molecule has 2 aromatic carbocycles. The van der Waals surface area contributed by atoms with Crippen LogP contribution in [-0.2, 0) is 6.54 Å². The van der Waals surface area contributed by atoms with Gasteiger partial charge in [-0.3, -0.25) is 9.69 Å². The van der Waals surface area contributed by atoms with Crippen molar-refractivity contribution in [2.75, 3.05) is 7.05 Å². The first-order chi connectivity index (χ1) is 9.72. The van der Waals surface area contributed by atoms with Crippen LogP contribution in [-0.4, -0.2) is 23.8 Å². The smallest absolute Gasteiger partial charge is 0.179 e. The Balaban J connectivity index is 2.10. The summed E-state index contributed by atoms with van der Waals surface area (Å²) < 4.78 is 0. The molecule has 0 heterocycles. The molecule has 0 fully saturated rings. The Bertz CT molecular complexity index is 536. The highest BCUT2D eigenvalue weighted by molar-refractivity contribution is 6.00. The fourth-order valence-electron chi connectivity index (χ4n) is 2.47. The summed E-state index contributed by atoms with van der Waals surface area (Å²) in [4.78, 5) is 14.7. The SMILES string of the molecule is CCC(C(=O)c1ccccc1)N(C)Cc1ccccc1. The van der Waals surface area contributed by atoms with E-state index in [0.29, 0.717) is 0 Å². The molecule has 0 aromatic heterocycles. The maximum atomic E-state index is 12.6. The van der Waals surface area contributed by atoms with Crippen LogP contribution in [0.3, 0.4) is 0 Å². The molecular formula is C18H21NO. The number of likely N-dealkylation sites (N-methyl/N-ethyl adjacent to an activating group) is 1. The van der Waals surface area contributed by atoms with Crippen molar-refractivity contribution in [1.29, 1.82) is 0 Å². The van der Waals surface area contributed by atoms with Crippen LogP contribution < -0.4 is 0 Å². The van der Waals surface area contributed by atoms with Crippen molar-refractivity contribution >= 4 is 5.78 Å². The van der Waals surface area contributed by atoms with Crippen LogP contribution >= 0.6 is 0 Å². The minimum atomic E-state index is -0.0717. The van der Waals surface area contributed by atoms with E-state index in [2.05, 4.69) is 24.0 Å². The second-order valence-electron chi connectivity index (χ2n) is 5.06. The van der Waals surface area contributed by atoms with Crippen LogP contribution in [0.2, 0.25) is 0 Å². The average Bonchev–Trinajstić information content (AvgIpc) is 2.49. The van der Waals surface area contributed by atoms with Crippen molar-refractivity contribution in [2.24, 2.45) is 0 Å². The number of benzene rings is 2. The second kappa shape index (κ2) is 7.01. The lowest BCUT2D eigenvalue weighted by Gasteiger charge is -2.26. The third-order valence-corrected chi connectivity index (χ3v) is 3.55. The number of carbonyl (C=O) groups excluding carboxylic acids is 1. The number of hydrogen-bond donors (Lipinski definition) is 0. The number of nitrogens with zero attached hydrogens (tertiary/aromatic N) is 1. The minimum absolute atomic E-state index is 0.0717. The van der Waals surface area contributed by atoms with Crippen LogP contribution in [0.5, 0.6) is 0 Å². The van der Waals surface area contributed by atoms with Gasteiger partial charge in [0.1, 0.15) is 0 Å². The van der Waals surface area contributed by atoms with E-state index < -0.39 is 0 Å². The normalized spacial score (nSPS) is 12.3. The first kappa shape index (κ1) is 14.5. The fraction of sp³-hybridized carbons (Fsp3) is 0.278. The van der Waals surface area contributed by atoms with Gasteiger partial charge in [-0.2, -0.15) is 0 Å². The maximum Gasteiger partial charge on any atom is 0.179 e. The number of ketones is 1. The molecule has 104 valence electrons. The van der Waals surface area contributed by atoms with Crippen molar-refractivity contribution < 1.29 is 4.79 Å². The van der Waals surface area contributed by atoms with Crippen molar-refractivity contribution in [3.63, 3.8) is 0 Å². The van der Waals surface area contributed by atoms with E-state index in [4.69, 9.17) is 0 Å². The molecule has 2 nitrogen and oxygen atoms in total. The molecule has 2 heteroatoms. The van der Waals surface area contributed by atoms with E-state index in [1.165, 1.54) is 5.56 Å². The van der Waals surface area contributed by atoms with Gasteiger partial charge in [0.05, 0.1) is 6.04 Å². The molecule has 0 bridgehead atoms. The molecule has 0 saturated carbocycles. The Morgan fingerprint density at radius 3 is 2.10 bits per heavy atom. The van der Waals surface area contributed by atoms with E-state index >= 15 is 0 Å². The number of carbonyl (C=O) groups is 1. The Labute approximate surface area is 121 Å². The molecule has 2 aromatic rings. The molecule has 0 spiro atoms. The predicted molar refractivity (Wildman–Crippen MR) is 82.8 cm³/mol. The lowest BCUT2D eigenvalue weighted by atomic mass is 10.0. The van der Waals surface area contributed by atoms with Crippen LogP contribution in [0, 0.1) is 0 Å². The highest BCUT2D eigenvalue weighted by Crippen LogP contribution is 2.14. The van der Waals surface area contributed by atoms with Gasteiger partial charge in [-0.1, -0.05) is 67.6 Å². The van der Waals surface area contributed by atoms with Crippen molar-refractivity contribution in [2.45, 2.75) is 25.9 Å². The largest absolute Gasteiger partial charge is 0.292 e. The summed E-state index contributed by atoms with van der Waals surface area (Å²) >= 11 is 0. The van der Waals surface area contributed by atoms with E-state index in [1.807, 2.05) is 55.6 Å². The van der Waals surface area contributed by atoms with Gasteiger partial charge in [0.25, 0.3) is 0 Å². The summed E-state index contributed by atoms with van der Waals surface area (Å²) in [7, 11) is 2.02. The van der Waals surface area contributed by atoms with E-state index in [1.54, 1.807) is 0 Å². The average molecular weight is 267 g/mol. The van der Waals surface area contributed by atoms with Crippen LogP contribution in [0.1, 0.15) is 29.3 Å². The summed E-state index contributed by atoms with van der Waals surface area (Å²) in [5.74, 6) is 0.200. The van der Waals surface area contributed by atoms with Crippen LogP contribution in [0.4, 0.5) is 0 Å².